The van der Waals surface area contributed by atoms with Crippen molar-refractivity contribution in [2.45, 2.75) is 20.8 Å². The third-order valence-electron chi connectivity index (χ3n) is 5.35. The quantitative estimate of drug-likeness (QED) is 0.681. The fraction of sp³-hybridized carbons (Fsp3) is 0.375. The van der Waals surface area contributed by atoms with Gasteiger partial charge in [-0.1, -0.05) is 32.0 Å². The van der Waals surface area contributed by atoms with Crippen molar-refractivity contribution in [3.63, 3.8) is 0 Å². The highest BCUT2D eigenvalue weighted by molar-refractivity contribution is 5.92. The molecule has 1 N–H and O–H groups in total. The molecular weight excluding hydrogens is 392 g/mol. The van der Waals surface area contributed by atoms with Crippen LogP contribution in [0.25, 0.3) is 22.3 Å². The van der Waals surface area contributed by atoms with Gasteiger partial charge in [-0.25, -0.2) is 14.8 Å². The van der Waals surface area contributed by atoms with Crippen LogP contribution >= 0.6 is 0 Å². The van der Waals surface area contributed by atoms with Crippen LogP contribution < -0.4 is 4.90 Å². The van der Waals surface area contributed by atoms with Crippen LogP contribution in [0, 0.1) is 12.8 Å². The number of phenols is 1. The van der Waals surface area contributed by atoms with Gasteiger partial charge < -0.3 is 19.6 Å². The van der Waals surface area contributed by atoms with Crippen LogP contribution in [0.15, 0.2) is 42.5 Å². The van der Waals surface area contributed by atoms with E-state index in [4.69, 9.17) is 14.7 Å². The Morgan fingerprint density at radius 1 is 1.10 bits per heavy atom. The molecule has 31 heavy (non-hydrogen) atoms. The molecule has 7 nitrogen and oxygen atoms in total. The highest BCUT2D eigenvalue weighted by Crippen LogP contribution is 2.32. The van der Waals surface area contributed by atoms with Crippen LogP contribution in [0.5, 0.6) is 5.75 Å². The number of hydrogen-bond acceptors (Lipinski definition) is 6. The summed E-state index contributed by atoms with van der Waals surface area (Å²) < 4.78 is 5.37. The zero-order chi connectivity index (χ0) is 22.0. The molecule has 0 unspecified atom stereocenters. The Morgan fingerprint density at radius 3 is 2.55 bits per heavy atom. The molecule has 0 bridgehead atoms. The number of amides is 1. The van der Waals surface area contributed by atoms with Crippen LogP contribution in [0.3, 0.4) is 0 Å². The summed E-state index contributed by atoms with van der Waals surface area (Å²) in [5.74, 6) is 1.77. The van der Waals surface area contributed by atoms with Crippen LogP contribution in [-0.4, -0.2) is 58.9 Å². The molecule has 1 saturated heterocycles. The van der Waals surface area contributed by atoms with Gasteiger partial charge in [-0.2, -0.15) is 0 Å². The largest absolute Gasteiger partial charge is 0.507 e. The second-order valence-corrected chi connectivity index (χ2v) is 8.35. The predicted octanol–water partition coefficient (Wildman–Crippen LogP) is 4.23. The molecule has 1 fully saturated rings. The molecule has 0 spiro atoms. The van der Waals surface area contributed by atoms with Crippen molar-refractivity contribution in [3.8, 4) is 17.1 Å². The molecular formula is C24H28N4O3. The van der Waals surface area contributed by atoms with E-state index in [9.17, 15) is 9.90 Å². The lowest BCUT2D eigenvalue weighted by molar-refractivity contribution is 0.0901. The molecule has 0 aliphatic carbocycles. The lowest BCUT2D eigenvalue weighted by atomic mass is 10.1. The standard InChI is InChI=1S/C24H28N4O3/c1-16(2)15-31-24(30)28-12-10-27(11-13-28)23-18-9-8-17(3)14-20(18)25-22(26-23)19-6-4-5-7-21(19)29/h4-9,14,16,29H,10-13,15H2,1-3H3. The molecule has 2 aromatic carbocycles. The number of fused-ring (bicyclic) bond motifs is 1. The van der Waals surface area contributed by atoms with Crippen molar-refractivity contribution in [2.24, 2.45) is 5.92 Å². The third-order valence-corrected chi connectivity index (χ3v) is 5.35. The maximum absolute atomic E-state index is 12.3. The Labute approximate surface area is 182 Å². The maximum atomic E-state index is 12.3. The van der Waals surface area contributed by atoms with Gasteiger partial charge in [-0.3, -0.25) is 0 Å². The van der Waals surface area contributed by atoms with Gasteiger partial charge >= 0.3 is 6.09 Å². The number of rotatable bonds is 4. The Hall–Kier alpha value is -3.35. The van der Waals surface area contributed by atoms with E-state index in [0.29, 0.717) is 50.1 Å². The molecule has 1 amide bonds. The smallest absolute Gasteiger partial charge is 0.409 e. The van der Waals surface area contributed by atoms with Gasteiger partial charge in [0.1, 0.15) is 11.6 Å². The topological polar surface area (TPSA) is 78.8 Å². The minimum absolute atomic E-state index is 0.151. The predicted molar refractivity (Wildman–Crippen MR) is 121 cm³/mol. The molecule has 0 saturated carbocycles. The summed E-state index contributed by atoms with van der Waals surface area (Å²) in [5.41, 5.74) is 2.54. The monoisotopic (exact) mass is 420 g/mol. The maximum Gasteiger partial charge on any atom is 0.409 e. The lowest BCUT2D eigenvalue weighted by Crippen LogP contribution is -2.49. The molecule has 162 valence electrons. The number of phenolic OH excluding ortho intramolecular Hbond substituents is 1. The lowest BCUT2D eigenvalue weighted by Gasteiger charge is -2.35. The van der Waals surface area contributed by atoms with Crippen molar-refractivity contribution < 1.29 is 14.6 Å². The molecule has 4 rings (SSSR count). The zero-order valence-corrected chi connectivity index (χ0v) is 18.2. The van der Waals surface area contributed by atoms with E-state index < -0.39 is 0 Å². The van der Waals surface area contributed by atoms with Crippen molar-refractivity contribution in [2.75, 3.05) is 37.7 Å². The highest BCUT2D eigenvalue weighted by atomic mass is 16.6. The van der Waals surface area contributed by atoms with Gasteiger partial charge in [0.15, 0.2) is 5.82 Å². The summed E-state index contributed by atoms with van der Waals surface area (Å²) in [4.78, 5) is 25.8. The number of anilines is 1. The van der Waals surface area contributed by atoms with Crippen molar-refractivity contribution in [3.05, 3.63) is 48.0 Å². The Balaban J connectivity index is 1.63. The Morgan fingerprint density at radius 2 is 1.84 bits per heavy atom. The van der Waals surface area contributed by atoms with E-state index in [1.807, 2.05) is 51.1 Å². The molecule has 0 atom stereocenters. The number of aryl methyl sites for hydroxylation is 1. The first-order chi connectivity index (χ1) is 14.9. The van der Waals surface area contributed by atoms with Crippen molar-refractivity contribution in [1.82, 2.24) is 14.9 Å². The van der Waals surface area contributed by atoms with Gasteiger partial charge in [-0.05, 0) is 42.7 Å². The molecule has 1 aromatic heterocycles. The van der Waals surface area contributed by atoms with Gasteiger partial charge in [0.25, 0.3) is 0 Å². The summed E-state index contributed by atoms with van der Waals surface area (Å²) in [7, 11) is 0. The minimum Gasteiger partial charge on any atom is -0.507 e. The minimum atomic E-state index is -0.258. The SMILES string of the molecule is Cc1ccc2c(N3CCN(C(=O)OCC(C)C)CC3)nc(-c3ccccc3O)nc2c1. The number of benzene rings is 2. The Bertz CT molecular complexity index is 1090. The molecule has 7 heteroatoms. The van der Waals surface area contributed by atoms with Gasteiger partial charge in [0, 0.05) is 31.6 Å². The third kappa shape index (κ3) is 4.55. The fourth-order valence-electron chi connectivity index (χ4n) is 3.68. The van der Waals surface area contributed by atoms with Gasteiger partial charge in [0.2, 0.25) is 0 Å². The molecule has 1 aliphatic rings. The molecule has 1 aliphatic heterocycles. The van der Waals surface area contributed by atoms with E-state index in [2.05, 4.69) is 4.90 Å². The number of piperazine rings is 1. The number of nitrogens with zero attached hydrogens (tertiary/aromatic N) is 4. The van der Waals surface area contributed by atoms with Crippen LogP contribution in [-0.2, 0) is 4.74 Å². The first-order valence-corrected chi connectivity index (χ1v) is 10.7. The average Bonchev–Trinajstić information content (AvgIpc) is 2.77. The molecule has 0 radical (unpaired) electrons. The number of aromatic hydroxyl groups is 1. The summed E-state index contributed by atoms with van der Waals surface area (Å²) in [6.45, 7) is 8.94. The van der Waals surface area contributed by atoms with E-state index in [0.717, 1.165) is 22.3 Å². The molecule has 3 aromatic rings. The average molecular weight is 421 g/mol. The number of para-hydroxylation sites is 1. The van der Waals surface area contributed by atoms with Crippen LogP contribution in [0.1, 0.15) is 19.4 Å². The normalized spacial score (nSPS) is 14.3. The van der Waals surface area contributed by atoms with Gasteiger partial charge in [0.05, 0.1) is 17.7 Å². The molecule has 2 heterocycles. The second kappa shape index (κ2) is 8.79. The fourth-order valence-corrected chi connectivity index (χ4v) is 3.68. The first-order valence-electron chi connectivity index (χ1n) is 10.7. The summed E-state index contributed by atoms with van der Waals surface area (Å²) in [5, 5.41) is 11.3. The second-order valence-electron chi connectivity index (χ2n) is 8.35. The van der Waals surface area contributed by atoms with E-state index in [1.54, 1.807) is 17.0 Å². The van der Waals surface area contributed by atoms with Gasteiger partial charge in [-0.15, -0.1) is 0 Å². The summed E-state index contributed by atoms with van der Waals surface area (Å²) in [6, 6.07) is 13.2. The van der Waals surface area contributed by atoms with Crippen LogP contribution in [0.4, 0.5) is 10.6 Å². The zero-order valence-electron chi connectivity index (χ0n) is 18.2. The van der Waals surface area contributed by atoms with Crippen molar-refractivity contribution in [1.29, 1.82) is 0 Å². The number of ether oxygens (including phenoxy) is 1. The summed E-state index contributed by atoms with van der Waals surface area (Å²) >= 11 is 0. The number of carbonyl (C=O) groups is 1. The van der Waals surface area contributed by atoms with E-state index in [1.165, 1.54) is 0 Å². The number of carbonyl (C=O) groups excluding carboxylic acids is 1. The highest BCUT2D eigenvalue weighted by Gasteiger charge is 2.25. The number of hydrogen-bond donors (Lipinski definition) is 1. The van der Waals surface area contributed by atoms with E-state index in [-0.39, 0.29) is 11.8 Å². The van der Waals surface area contributed by atoms with Crippen molar-refractivity contribution >= 4 is 22.8 Å². The number of aromatic nitrogens is 2. The Kier molecular flexibility index (Phi) is 5.93. The van der Waals surface area contributed by atoms with E-state index >= 15 is 0 Å². The first kappa shape index (κ1) is 20.9. The summed E-state index contributed by atoms with van der Waals surface area (Å²) in [6.07, 6.45) is -0.258. The van der Waals surface area contributed by atoms with Crippen LogP contribution in [0.2, 0.25) is 0 Å².